The normalized spacial score (nSPS) is 15.0. The Morgan fingerprint density at radius 1 is 1.44 bits per heavy atom. The van der Waals surface area contributed by atoms with E-state index in [1.807, 2.05) is 13.8 Å². The van der Waals surface area contributed by atoms with Crippen LogP contribution >= 0.6 is 0 Å². The second-order valence-corrected chi connectivity index (χ2v) is 3.79. The lowest BCUT2D eigenvalue weighted by molar-refractivity contribution is 0.0518. The van der Waals surface area contributed by atoms with Crippen molar-refractivity contribution in [3.8, 4) is 0 Å². The quantitative estimate of drug-likeness (QED) is 0.771. The third-order valence-electron chi connectivity index (χ3n) is 2.29. The highest BCUT2D eigenvalue weighted by Gasteiger charge is 2.16. The molecule has 0 spiro atoms. The molecule has 0 saturated carbocycles. The fraction of sp³-hybridized carbons (Fsp3) is 0.818. The minimum absolute atomic E-state index is 0.0888. The van der Waals surface area contributed by atoms with Crippen LogP contribution in [0.15, 0.2) is 4.52 Å². The van der Waals surface area contributed by atoms with Gasteiger partial charge in [0.15, 0.2) is 0 Å². The van der Waals surface area contributed by atoms with Crippen LogP contribution in [-0.4, -0.2) is 28.0 Å². The van der Waals surface area contributed by atoms with Crippen molar-refractivity contribution in [2.24, 2.45) is 0 Å². The topological polar surface area (TPSA) is 68.4 Å². The largest absolute Gasteiger partial charge is 0.393 e. The van der Waals surface area contributed by atoms with Crippen LogP contribution in [0.3, 0.4) is 0 Å². The van der Waals surface area contributed by atoms with Crippen molar-refractivity contribution >= 4 is 0 Å². The van der Waals surface area contributed by atoms with Crippen molar-refractivity contribution in [1.82, 2.24) is 10.1 Å². The van der Waals surface area contributed by atoms with E-state index in [0.29, 0.717) is 31.2 Å². The Morgan fingerprint density at radius 3 is 2.75 bits per heavy atom. The zero-order valence-corrected chi connectivity index (χ0v) is 10.1. The predicted molar refractivity (Wildman–Crippen MR) is 59.0 cm³/mol. The van der Waals surface area contributed by atoms with Gasteiger partial charge in [-0.05, 0) is 26.7 Å². The molecule has 2 unspecified atom stereocenters. The summed E-state index contributed by atoms with van der Waals surface area (Å²) < 4.78 is 10.6. The summed E-state index contributed by atoms with van der Waals surface area (Å²) in [5.74, 6) is 1.17. The highest BCUT2D eigenvalue weighted by atomic mass is 16.5. The average molecular weight is 228 g/mol. The molecule has 0 amide bonds. The number of hydrogen-bond acceptors (Lipinski definition) is 5. The van der Waals surface area contributed by atoms with E-state index >= 15 is 0 Å². The lowest BCUT2D eigenvalue weighted by Gasteiger charge is -2.09. The third-order valence-corrected chi connectivity index (χ3v) is 2.29. The van der Waals surface area contributed by atoms with Crippen LogP contribution in [0.1, 0.15) is 51.4 Å². The van der Waals surface area contributed by atoms with Crippen molar-refractivity contribution in [3.05, 3.63) is 11.7 Å². The average Bonchev–Trinajstić information content (AvgIpc) is 2.71. The molecule has 2 atom stereocenters. The zero-order valence-electron chi connectivity index (χ0n) is 10.1. The van der Waals surface area contributed by atoms with E-state index in [2.05, 4.69) is 10.1 Å². The smallest absolute Gasteiger partial charge is 0.226 e. The minimum Gasteiger partial charge on any atom is -0.393 e. The minimum atomic E-state index is -0.343. The Labute approximate surface area is 95.8 Å². The molecule has 0 fully saturated rings. The van der Waals surface area contributed by atoms with Crippen LogP contribution in [0.2, 0.25) is 0 Å². The molecule has 1 aromatic heterocycles. The summed E-state index contributed by atoms with van der Waals surface area (Å²) in [5.41, 5.74) is 0. The molecule has 0 aliphatic carbocycles. The Balaban J connectivity index is 2.55. The number of nitrogens with zero attached hydrogens (tertiary/aromatic N) is 2. The predicted octanol–water partition coefficient (Wildman–Crippen LogP) is 1.87. The number of rotatable bonds is 7. The third kappa shape index (κ3) is 3.90. The SMILES string of the molecule is CCOC(CC)c1noc(CCC(C)O)n1. The first-order valence-electron chi connectivity index (χ1n) is 5.79. The molecule has 0 aromatic carbocycles. The van der Waals surface area contributed by atoms with E-state index in [4.69, 9.17) is 14.4 Å². The van der Waals surface area contributed by atoms with Crippen molar-refractivity contribution in [2.45, 2.75) is 52.2 Å². The van der Waals surface area contributed by atoms with Crippen LogP contribution in [0.5, 0.6) is 0 Å². The first-order valence-corrected chi connectivity index (χ1v) is 5.79. The summed E-state index contributed by atoms with van der Waals surface area (Å²) >= 11 is 0. The highest BCUT2D eigenvalue weighted by molar-refractivity contribution is 4.91. The molecule has 0 saturated heterocycles. The summed E-state index contributed by atoms with van der Waals surface area (Å²) in [6, 6.07) is 0. The number of aromatic nitrogens is 2. The van der Waals surface area contributed by atoms with Gasteiger partial charge in [0.05, 0.1) is 6.10 Å². The van der Waals surface area contributed by atoms with Gasteiger partial charge in [0.2, 0.25) is 11.7 Å². The molecule has 0 radical (unpaired) electrons. The lowest BCUT2D eigenvalue weighted by Crippen LogP contribution is -2.05. The van der Waals surface area contributed by atoms with E-state index in [1.165, 1.54) is 0 Å². The van der Waals surface area contributed by atoms with Gasteiger partial charge < -0.3 is 14.4 Å². The van der Waals surface area contributed by atoms with Crippen LogP contribution in [0.4, 0.5) is 0 Å². The van der Waals surface area contributed by atoms with E-state index in [0.717, 1.165) is 6.42 Å². The summed E-state index contributed by atoms with van der Waals surface area (Å²) in [4.78, 5) is 4.26. The van der Waals surface area contributed by atoms with Gasteiger partial charge in [-0.2, -0.15) is 4.98 Å². The van der Waals surface area contributed by atoms with E-state index in [9.17, 15) is 0 Å². The van der Waals surface area contributed by atoms with Gasteiger partial charge in [0.25, 0.3) is 0 Å². The molecule has 0 aliphatic heterocycles. The fourth-order valence-electron chi connectivity index (χ4n) is 1.41. The fourth-order valence-corrected chi connectivity index (χ4v) is 1.41. The molecule has 1 heterocycles. The van der Waals surface area contributed by atoms with Crippen molar-refractivity contribution < 1.29 is 14.4 Å². The maximum Gasteiger partial charge on any atom is 0.226 e. The molecular formula is C11H20N2O3. The van der Waals surface area contributed by atoms with Gasteiger partial charge in [-0.15, -0.1) is 0 Å². The van der Waals surface area contributed by atoms with Crippen LogP contribution < -0.4 is 0 Å². The summed E-state index contributed by atoms with van der Waals surface area (Å²) in [6.07, 6.45) is 1.63. The van der Waals surface area contributed by atoms with E-state index in [1.54, 1.807) is 6.92 Å². The molecule has 0 aliphatic rings. The number of ether oxygens (including phenoxy) is 1. The first kappa shape index (κ1) is 13.1. The summed E-state index contributed by atoms with van der Waals surface area (Å²) in [6.45, 7) is 6.34. The van der Waals surface area contributed by atoms with Gasteiger partial charge >= 0.3 is 0 Å². The zero-order chi connectivity index (χ0) is 12.0. The maximum atomic E-state index is 9.15. The molecule has 92 valence electrons. The molecule has 5 nitrogen and oxygen atoms in total. The van der Waals surface area contributed by atoms with Crippen molar-refractivity contribution in [2.75, 3.05) is 6.61 Å². The molecular weight excluding hydrogens is 208 g/mol. The standard InChI is InChI=1S/C11H20N2O3/c1-4-9(15-5-2)11-12-10(16-13-11)7-6-8(3)14/h8-9,14H,4-7H2,1-3H3. The summed E-state index contributed by atoms with van der Waals surface area (Å²) in [7, 11) is 0. The molecule has 1 rings (SSSR count). The molecule has 1 N–H and O–H groups in total. The van der Waals surface area contributed by atoms with Crippen molar-refractivity contribution in [3.63, 3.8) is 0 Å². The molecule has 1 aromatic rings. The summed E-state index contributed by atoms with van der Waals surface area (Å²) in [5, 5.41) is 13.0. The maximum absolute atomic E-state index is 9.15. The van der Waals surface area contributed by atoms with Gasteiger partial charge in [0.1, 0.15) is 6.10 Å². The molecule has 5 heteroatoms. The highest BCUT2D eigenvalue weighted by Crippen LogP contribution is 2.18. The Kier molecular flexibility index (Phi) is 5.42. The van der Waals surface area contributed by atoms with Crippen LogP contribution in [0, 0.1) is 0 Å². The van der Waals surface area contributed by atoms with E-state index in [-0.39, 0.29) is 12.2 Å². The van der Waals surface area contributed by atoms with Crippen molar-refractivity contribution in [1.29, 1.82) is 0 Å². The lowest BCUT2D eigenvalue weighted by atomic mass is 10.2. The van der Waals surface area contributed by atoms with Gasteiger partial charge in [-0.25, -0.2) is 0 Å². The number of aliphatic hydroxyl groups is 1. The number of aliphatic hydroxyl groups excluding tert-OH is 1. The number of hydrogen-bond donors (Lipinski definition) is 1. The molecule has 16 heavy (non-hydrogen) atoms. The van der Waals surface area contributed by atoms with Gasteiger partial charge in [0, 0.05) is 13.0 Å². The van der Waals surface area contributed by atoms with Gasteiger partial charge in [-0.1, -0.05) is 12.1 Å². The second kappa shape index (κ2) is 6.60. The number of aryl methyl sites for hydroxylation is 1. The Hall–Kier alpha value is -0.940. The molecule has 0 bridgehead atoms. The Morgan fingerprint density at radius 2 is 2.19 bits per heavy atom. The van der Waals surface area contributed by atoms with Crippen LogP contribution in [-0.2, 0) is 11.2 Å². The van der Waals surface area contributed by atoms with Gasteiger partial charge in [-0.3, -0.25) is 0 Å². The second-order valence-electron chi connectivity index (χ2n) is 3.79. The Bertz CT molecular complexity index is 299. The first-order chi connectivity index (χ1) is 7.67. The van der Waals surface area contributed by atoms with Crippen LogP contribution in [0.25, 0.3) is 0 Å². The monoisotopic (exact) mass is 228 g/mol. The van der Waals surface area contributed by atoms with E-state index < -0.39 is 0 Å².